The van der Waals surface area contributed by atoms with Crippen molar-refractivity contribution in [2.24, 2.45) is 0 Å². The van der Waals surface area contributed by atoms with Crippen molar-refractivity contribution in [1.82, 2.24) is 9.78 Å². The van der Waals surface area contributed by atoms with Crippen molar-refractivity contribution in [3.63, 3.8) is 0 Å². The maximum atomic E-state index is 11.0. The Morgan fingerprint density at radius 3 is 2.71 bits per heavy atom. The summed E-state index contributed by atoms with van der Waals surface area (Å²) < 4.78 is 1.55. The van der Waals surface area contributed by atoms with E-state index < -0.39 is 5.97 Å². The molecule has 0 aliphatic carbocycles. The average molecular weight is 230 g/mol. The van der Waals surface area contributed by atoms with Gasteiger partial charge in [0.05, 0.1) is 5.69 Å². The molecule has 1 N–H and O–H groups in total. The second-order valence-electron chi connectivity index (χ2n) is 3.93. The van der Waals surface area contributed by atoms with Gasteiger partial charge in [-0.1, -0.05) is 30.3 Å². The lowest BCUT2D eigenvalue weighted by atomic mass is 10.1. The van der Waals surface area contributed by atoms with E-state index in [1.165, 1.54) is 5.56 Å². The first-order valence-electron chi connectivity index (χ1n) is 5.48. The molecule has 0 spiro atoms. The number of carboxylic acids is 1. The Balaban J connectivity index is 2.11. The van der Waals surface area contributed by atoms with Crippen LogP contribution in [0.3, 0.4) is 0 Å². The topological polar surface area (TPSA) is 55.1 Å². The fourth-order valence-corrected chi connectivity index (χ4v) is 1.77. The monoisotopic (exact) mass is 230 g/mol. The Hall–Kier alpha value is -2.10. The van der Waals surface area contributed by atoms with Gasteiger partial charge in [0, 0.05) is 6.54 Å². The van der Waals surface area contributed by atoms with Crippen LogP contribution in [0.4, 0.5) is 0 Å². The fourth-order valence-electron chi connectivity index (χ4n) is 1.77. The molecule has 2 aromatic rings. The van der Waals surface area contributed by atoms with E-state index in [1.807, 2.05) is 30.3 Å². The molecule has 0 aliphatic heterocycles. The highest BCUT2D eigenvalue weighted by Crippen LogP contribution is 2.07. The van der Waals surface area contributed by atoms with Crippen molar-refractivity contribution in [3.05, 3.63) is 53.3 Å². The first-order chi connectivity index (χ1) is 8.16. The van der Waals surface area contributed by atoms with Crippen LogP contribution >= 0.6 is 0 Å². The Labute approximate surface area is 99.5 Å². The van der Waals surface area contributed by atoms with Gasteiger partial charge in [-0.05, 0) is 25.0 Å². The van der Waals surface area contributed by atoms with Gasteiger partial charge >= 0.3 is 5.97 Å². The molecule has 0 radical (unpaired) electrons. The summed E-state index contributed by atoms with van der Waals surface area (Å²) in [6.07, 6.45) is 0.780. The number of aryl methyl sites for hydroxylation is 3. The van der Waals surface area contributed by atoms with E-state index in [4.69, 9.17) is 5.11 Å². The van der Waals surface area contributed by atoms with Gasteiger partial charge in [0.25, 0.3) is 0 Å². The maximum Gasteiger partial charge on any atom is 0.354 e. The number of aromatic nitrogens is 2. The van der Waals surface area contributed by atoms with Gasteiger partial charge in [-0.3, -0.25) is 4.68 Å². The van der Waals surface area contributed by atoms with Crippen LogP contribution < -0.4 is 0 Å². The Morgan fingerprint density at radius 2 is 2.06 bits per heavy atom. The van der Waals surface area contributed by atoms with Gasteiger partial charge in [0.1, 0.15) is 5.69 Å². The maximum absolute atomic E-state index is 11.0. The van der Waals surface area contributed by atoms with Crippen molar-refractivity contribution in [2.75, 3.05) is 0 Å². The molecule has 4 heteroatoms. The van der Waals surface area contributed by atoms with Gasteiger partial charge in [-0.2, -0.15) is 5.10 Å². The van der Waals surface area contributed by atoms with E-state index in [1.54, 1.807) is 17.7 Å². The summed E-state index contributed by atoms with van der Waals surface area (Å²) in [5.41, 5.74) is 2.16. The number of nitrogens with zero attached hydrogens (tertiary/aromatic N) is 2. The molecule has 0 aliphatic rings. The Kier molecular flexibility index (Phi) is 3.23. The van der Waals surface area contributed by atoms with Crippen molar-refractivity contribution in [1.29, 1.82) is 0 Å². The standard InChI is InChI=1S/C13H14N2O2/c1-10-9-12(13(16)17)15(14-10)8-7-11-5-3-2-4-6-11/h2-6,9H,7-8H2,1H3,(H,16,17). The predicted molar refractivity (Wildman–Crippen MR) is 64.1 cm³/mol. The molecule has 0 fully saturated rings. The second kappa shape index (κ2) is 4.82. The smallest absolute Gasteiger partial charge is 0.354 e. The lowest BCUT2D eigenvalue weighted by molar-refractivity contribution is 0.0683. The summed E-state index contributed by atoms with van der Waals surface area (Å²) in [5.74, 6) is -0.932. The molecule has 1 aromatic heterocycles. The summed E-state index contributed by atoms with van der Waals surface area (Å²) in [6, 6.07) is 11.6. The molecule has 0 saturated carbocycles. The number of hydrogen-bond donors (Lipinski definition) is 1. The lowest BCUT2D eigenvalue weighted by Gasteiger charge is -2.04. The van der Waals surface area contributed by atoms with Gasteiger partial charge in [-0.25, -0.2) is 4.79 Å². The minimum Gasteiger partial charge on any atom is -0.477 e. The van der Waals surface area contributed by atoms with Gasteiger partial charge in [-0.15, -0.1) is 0 Å². The van der Waals surface area contributed by atoms with E-state index in [2.05, 4.69) is 5.10 Å². The quantitative estimate of drug-likeness (QED) is 0.875. The fraction of sp³-hybridized carbons (Fsp3) is 0.231. The minimum absolute atomic E-state index is 0.249. The molecular formula is C13H14N2O2. The third-order valence-corrected chi connectivity index (χ3v) is 2.58. The summed E-state index contributed by atoms with van der Waals surface area (Å²) >= 11 is 0. The summed E-state index contributed by atoms with van der Waals surface area (Å²) in [5, 5.41) is 13.2. The predicted octanol–water partition coefficient (Wildman–Crippen LogP) is 2.13. The molecule has 0 saturated heterocycles. The van der Waals surface area contributed by atoms with Gasteiger partial charge in [0.2, 0.25) is 0 Å². The largest absolute Gasteiger partial charge is 0.477 e. The Morgan fingerprint density at radius 1 is 1.35 bits per heavy atom. The zero-order valence-corrected chi connectivity index (χ0v) is 9.63. The van der Waals surface area contributed by atoms with Gasteiger partial charge < -0.3 is 5.11 Å². The van der Waals surface area contributed by atoms with Crippen molar-refractivity contribution in [3.8, 4) is 0 Å². The van der Waals surface area contributed by atoms with Crippen LogP contribution in [0.15, 0.2) is 36.4 Å². The number of carbonyl (C=O) groups is 1. The van der Waals surface area contributed by atoms with E-state index in [0.717, 1.165) is 12.1 Å². The average Bonchev–Trinajstić information content (AvgIpc) is 2.69. The molecule has 0 unspecified atom stereocenters. The third-order valence-electron chi connectivity index (χ3n) is 2.58. The van der Waals surface area contributed by atoms with Gasteiger partial charge in [0.15, 0.2) is 0 Å². The zero-order valence-electron chi connectivity index (χ0n) is 9.63. The van der Waals surface area contributed by atoms with E-state index >= 15 is 0 Å². The highest BCUT2D eigenvalue weighted by molar-refractivity contribution is 5.85. The third kappa shape index (κ3) is 2.72. The summed E-state index contributed by atoms with van der Waals surface area (Å²) in [7, 11) is 0. The molecule has 17 heavy (non-hydrogen) atoms. The van der Waals surface area contributed by atoms with Crippen molar-refractivity contribution >= 4 is 5.97 Å². The lowest BCUT2D eigenvalue weighted by Crippen LogP contribution is -2.11. The molecule has 2 rings (SSSR count). The number of benzene rings is 1. The normalized spacial score (nSPS) is 10.4. The first kappa shape index (κ1) is 11.4. The summed E-state index contributed by atoms with van der Waals surface area (Å²) in [6.45, 7) is 2.38. The second-order valence-corrected chi connectivity index (χ2v) is 3.93. The summed E-state index contributed by atoms with van der Waals surface area (Å²) in [4.78, 5) is 11.0. The highest BCUT2D eigenvalue weighted by Gasteiger charge is 2.11. The van der Waals surface area contributed by atoms with Crippen LogP contribution in [0.5, 0.6) is 0 Å². The number of hydrogen-bond acceptors (Lipinski definition) is 2. The number of rotatable bonds is 4. The van der Waals surface area contributed by atoms with Crippen LogP contribution in [0.25, 0.3) is 0 Å². The van der Waals surface area contributed by atoms with Crippen LogP contribution in [0.1, 0.15) is 21.7 Å². The van der Waals surface area contributed by atoms with Crippen LogP contribution in [-0.2, 0) is 13.0 Å². The van der Waals surface area contributed by atoms with Crippen LogP contribution in [-0.4, -0.2) is 20.9 Å². The molecule has 1 heterocycles. The van der Waals surface area contributed by atoms with E-state index in [9.17, 15) is 4.79 Å². The van der Waals surface area contributed by atoms with E-state index in [-0.39, 0.29) is 5.69 Å². The first-order valence-corrected chi connectivity index (χ1v) is 5.48. The molecule has 0 amide bonds. The molecular weight excluding hydrogens is 216 g/mol. The molecule has 1 aromatic carbocycles. The molecule has 4 nitrogen and oxygen atoms in total. The molecule has 88 valence electrons. The highest BCUT2D eigenvalue weighted by atomic mass is 16.4. The molecule has 0 bridgehead atoms. The zero-order chi connectivity index (χ0) is 12.3. The van der Waals surface area contributed by atoms with Crippen LogP contribution in [0, 0.1) is 6.92 Å². The number of aromatic carboxylic acids is 1. The van der Waals surface area contributed by atoms with Crippen molar-refractivity contribution < 1.29 is 9.90 Å². The van der Waals surface area contributed by atoms with E-state index in [0.29, 0.717) is 6.54 Å². The van der Waals surface area contributed by atoms with Crippen LogP contribution in [0.2, 0.25) is 0 Å². The molecule has 0 atom stereocenters. The minimum atomic E-state index is -0.932. The Bertz CT molecular complexity index is 517. The SMILES string of the molecule is Cc1cc(C(=O)O)n(CCc2ccccc2)n1. The van der Waals surface area contributed by atoms with Crippen molar-refractivity contribution in [2.45, 2.75) is 19.9 Å². The number of carboxylic acid groups (broad SMARTS) is 1.